The standard InChI is InChI=1S/C12H22N2S2/c1-10(8-15-2)7-13-11-14-12(9-16-11)5-3-4-6-12/h10H,3-9H2,1-2H3,(H,13,14). The summed E-state index contributed by atoms with van der Waals surface area (Å²) in [6.45, 7) is 3.26. The quantitative estimate of drug-likeness (QED) is 0.839. The third-order valence-corrected chi connectivity index (χ3v) is 5.52. The molecule has 0 aromatic heterocycles. The van der Waals surface area contributed by atoms with Gasteiger partial charge in [0, 0.05) is 17.8 Å². The molecule has 1 spiro atoms. The van der Waals surface area contributed by atoms with Crippen molar-refractivity contribution in [2.45, 2.75) is 38.1 Å². The van der Waals surface area contributed by atoms with Gasteiger partial charge in [0.2, 0.25) is 0 Å². The summed E-state index contributed by atoms with van der Waals surface area (Å²) >= 11 is 3.85. The highest BCUT2D eigenvalue weighted by Gasteiger charge is 2.39. The van der Waals surface area contributed by atoms with E-state index in [0.29, 0.717) is 11.5 Å². The third-order valence-electron chi connectivity index (χ3n) is 3.42. The zero-order valence-electron chi connectivity index (χ0n) is 10.3. The van der Waals surface area contributed by atoms with Crippen LogP contribution in [-0.2, 0) is 0 Å². The number of amidine groups is 1. The Morgan fingerprint density at radius 3 is 2.94 bits per heavy atom. The van der Waals surface area contributed by atoms with Crippen LogP contribution >= 0.6 is 23.5 Å². The van der Waals surface area contributed by atoms with E-state index in [0.717, 1.165) is 6.54 Å². The monoisotopic (exact) mass is 258 g/mol. The molecule has 4 heteroatoms. The van der Waals surface area contributed by atoms with Crippen LogP contribution in [0.2, 0.25) is 0 Å². The van der Waals surface area contributed by atoms with Crippen LogP contribution in [-0.4, -0.2) is 35.0 Å². The van der Waals surface area contributed by atoms with Gasteiger partial charge >= 0.3 is 0 Å². The van der Waals surface area contributed by atoms with Crippen LogP contribution in [0.25, 0.3) is 0 Å². The zero-order chi connectivity index (χ0) is 11.4. The van der Waals surface area contributed by atoms with Crippen LogP contribution in [0.1, 0.15) is 32.6 Å². The Hall–Kier alpha value is 0.170. The lowest BCUT2D eigenvalue weighted by Crippen LogP contribution is -2.40. The maximum Gasteiger partial charge on any atom is 0.157 e. The second-order valence-corrected chi connectivity index (χ2v) is 6.98. The molecule has 1 aliphatic carbocycles. The van der Waals surface area contributed by atoms with E-state index in [-0.39, 0.29) is 0 Å². The topological polar surface area (TPSA) is 24.4 Å². The van der Waals surface area contributed by atoms with Gasteiger partial charge in [-0.05, 0) is 30.8 Å². The van der Waals surface area contributed by atoms with Crippen molar-refractivity contribution in [3.05, 3.63) is 0 Å². The van der Waals surface area contributed by atoms with Crippen molar-refractivity contribution in [2.24, 2.45) is 10.9 Å². The number of hydrogen-bond donors (Lipinski definition) is 1. The first kappa shape index (κ1) is 12.6. The van der Waals surface area contributed by atoms with Crippen molar-refractivity contribution in [3.8, 4) is 0 Å². The number of rotatable bonds is 4. The van der Waals surface area contributed by atoms with Crippen LogP contribution in [0.15, 0.2) is 4.99 Å². The highest BCUT2D eigenvalue weighted by molar-refractivity contribution is 8.14. The first-order valence-corrected chi connectivity index (χ1v) is 8.56. The lowest BCUT2D eigenvalue weighted by Gasteiger charge is -2.21. The minimum Gasteiger partial charge on any atom is -0.359 e. The molecule has 1 atom stereocenters. The van der Waals surface area contributed by atoms with Crippen molar-refractivity contribution in [1.29, 1.82) is 0 Å². The largest absolute Gasteiger partial charge is 0.359 e. The van der Waals surface area contributed by atoms with Crippen LogP contribution in [0.3, 0.4) is 0 Å². The lowest BCUT2D eigenvalue weighted by atomic mass is 10.0. The summed E-state index contributed by atoms with van der Waals surface area (Å²) in [6.07, 6.45) is 7.64. The van der Waals surface area contributed by atoms with Crippen LogP contribution in [0, 0.1) is 5.92 Å². The van der Waals surface area contributed by atoms with Gasteiger partial charge in [-0.1, -0.05) is 31.5 Å². The van der Waals surface area contributed by atoms with Gasteiger partial charge in [0.1, 0.15) is 0 Å². The zero-order valence-corrected chi connectivity index (χ0v) is 11.9. The summed E-state index contributed by atoms with van der Waals surface area (Å²) in [7, 11) is 0. The first-order valence-electron chi connectivity index (χ1n) is 6.18. The molecule has 0 aromatic carbocycles. The summed E-state index contributed by atoms with van der Waals surface area (Å²) in [5.74, 6) is 3.15. The molecule has 0 aromatic rings. The molecule has 1 saturated heterocycles. The average molecular weight is 258 g/mol. The summed E-state index contributed by atoms with van der Waals surface area (Å²) in [6, 6.07) is 0. The molecule has 1 N–H and O–H groups in total. The maximum atomic E-state index is 4.72. The summed E-state index contributed by atoms with van der Waals surface area (Å²) in [5, 5.41) is 4.87. The van der Waals surface area contributed by atoms with Crippen LogP contribution < -0.4 is 5.32 Å². The fourth-order valence-corrected chi connectivity index (χ4v) is 4.39. The van der Waals surface area contributed by atoms with E-state index in [1.165, 1.54) is 42.4 Å². The van der Waals surface area contributed by atoms with Gasteiger partial charge in [0.15, 0.2) is 5.17 Å². The van der Waals surface area contributed by atoms with Gasteiger partial charge in [0.25, 0.3) is 0 Å². The minimum absolute atomic E-state index is 0.423. The molecular formula is C12H22N2S2. The fourth-order valence-electron chi connectivity index (χ4n) is 2.49. The van der Waals surface area contributed by atoms with Gasteiger partial charge in [-0.3, -0.25) is 4.99 Å². The van der Waals surface area contributed by atoms with Crippen LogP contribution in [0.4, 0.5) is 0 Å². The molecular weight excluding hydrogens is 236 g/mol. The van der Waals surface area contributed by atoms with Crippen molar-refractivity contribution < 1.29 is 0 Å². The minimum atomic E-state index is 0.423. The highest BCUT2D eigenvalue weighted by Crippen LogP contribution is 2.37. The van der Waals surface area contributed by atoms with Gasteiger partial charge in [-0.15, -0.1) is 0 Å². The molecule has 2 rings (SSSR count). The Bertz CT molecular complexity index is 260. The van der Waals surface area contributed by atoms with E-state index in [1.54, 1.807) is 0 Å². The molecule has 2 aliphatic rings. The first-order chi connectivity index (χ1) is 7.74. The van der Waals surface area contributed by atoms with Crippen molar-refractivity contribution in [1.82, 2.24) is 5.32 Å². The van der Waals surface area contributed by atoms with Gasteiger partial charge in [-0.25, -0.2) is 0 Å². The Labute approximate surface area is 107 Å². The SMILES string of the molecule is CSCC(C)CN=C1NC2(CCCC2)CS1. The molecule has 16 heavy (non-hydrogen) atoms. The Balaban J connectivity index is 1.81. The summed E-state index contributed by atoms with van der Waals surface area (Å²) in [4.78, 5) is 4.72. The van der Waals surface area contributed by atoms with E-state index in [1.807, 2.05) is 23.5 Å². The second kappa shape index (κ2) is 5.67. The Morgan fingerprint density at radius 1 is 1.50 bits per heavy atom. The molecule has 0 amide bonds. The molecule has 2 nitrogen and oxygen atoms in total. The molecule has 0 radical (unpaired) electrons. The van der Waals surface area contributed by atoms with Crippen molar-refractivity contribution in [2.75, 3.05) is 24.3 Å². The number of nitrogens with zero attached hydrogens (tertiary/aromatic N) is 1. The maximum absolute atomic E-state index is 4.72. The number of hydrogen-bond acceptors (Lipinski definition) is 3. The van der Waals surface area contributed by atoms with Gasteiger partial charge in [-0.2, -0.15) is 11.8 Å². The predicted molar refractivity (Wildman–Crippen MR) is 76.6 cm³/mol. The number of nitrogens with one attached hydrogen (secondary N) is 1. The third kappa shape index (κ3) is 3.10. The van der Waals surface area contributed by atoms with E-state index in [9.17, 15) is 0 Å². The molecule has 92 valence electrons. The fraction of sp³-hybridized carbons (Fsp3) is 0.917. The van der Waals surface area contributed by atoms with E-state index in [4.69, 9.17) is 4.99 Å². The molecule has 1 aliphatic heterocycles. The molecule has 1 saturated carbocycles. The Kier molecular flexibility index (Phi) is 4.48. The molecule has 2 fully saturated rings. The summed E-state index contributed by atoms with van der Waals surface area (Å²) in [5.41, 5.74) is 0.423. The highest BCUT2D eigenvalue weighted by atomic mass is 32.2. The van der Waals surface area contributed by atoms with Crippen LogP contribution in [0.5, 0.6) is 0 Å². The molecule has 0 bridgehead atoms. The molecule has 1 unspecified atom stereocenters. The summed E-state index contributed by atoms with van der Waals surface area (Å²) < 4.78 is 0. The average Bonchev–Trinajstić information content (AvgIpc) is 2.88. The second-order valence-electron chi connectivity index (χ2n) is 5.11. The van der Waals surface area contributed by atoms with Gasteiger partial charge < -0.3 is 5.32 Å². The normalized spacial score (nSPS) is 27.5. The smallest absolute Gasteiger partial charge is 0.157 e. The Morgan fingerprint density at radius 2 is 2.25 bits per heavy atom. The predicted octanol–water partition coefficient (Wildman–Crippen LogP) is 2.99. The van der Waals surface area contributed by atoms with E-state index in [2.05, 4.69) is 18.5 Å². The van der Waals surface area contributed by atoms with Crippen molar-refractivity contribution >= 4 is 28.7 Å². The lowest BCUT2D eigenvalue weighted by molar-refractivity contribution is 0.452. The van der Waals surface area contributed by atoms with Crippen molar-refractivity contribution in [3.63, 3.8) is 0 Å². The van der Waals surface area contributed by atoms with Gasteiger partial charge in [0.05, 0.1) is 0 Å². The number of aliphatic imine (C=N–C) groups is 1. The number of thioether (sulfide) groups is 2. The van der Waals surface area contributed by atoms with E-state index < -0.39 is 0 Å². The molecule has 1 heterocycles. The van der Waals surface area contributed by atoms with E-state index >= 15 is 0 Å².